The summed E-state index contributed by atoms with van der Waals surface area (Å²) in [5.41, 5.74) is 3.26. The zero-order valence-corrected chi connectivity index (χ0v) is 12.3. The van der Waals surface area contributed by atoms with Gasteiger partial charge in [-0.15, -0.1) is 0 Å². The highest BCUT2D eigenvalue weighted by Gasteiger charge is 2.10. The van der Waals surface area contributed by atoms with Crippen molar-refractivity contribution in [2.24, 2.45) is 0 Å². The van der Waals surface area contributed by atoms with Gasteiger partial charge in [0.05, 0.1) is 10.7 Å². The molecule has 0 saturated heterocycles. The van der Waals surface area contributed by atoms with E-state index in [2.05, 4.69) is 10.6 Å². The maximum Gasteiger partial charge on any atom is 0.255 e. The van der Waals surface area contributed by atoms with Crippen molar-refractivity contribution < 1.29 is 4.79 Å². The van der Waals surface area contributed by atoms with Crippen LogP contribution in [0.2, 0.25) is 5.02 Å². The van der Waals surface area contributed by atoms with Crippen molar-refractivity contribution in [3.8, 4) is 0 Å². The molecule has 0 unspecified atom stereocenters. The van der Waals surface area contributed by atoms with Crippen molar-refractivity contribution in [1.29, 1.82) is 0 Å². The quantitative estimate of drug-likeness (QED) is 0.879. The number of rotatable bonds is 4. The van der Waals surface area contributed by atoms with Gasteiger partial charge in [0.2, 0.25) is 0 Å². The maximum atomic E-state index is 12.1. The molecule has 0 heterocycles. The highest BCUT2D eigenvalue weighted by molar-refractivity contribution is 6.34. The third kappa shape index (κ3) is 3.31. The molecule has 0 aromatic heterocycles. The van der Waals surface area contributed by atoms with Crippen molar-refractivity contribution in [1.82, 2.24) is 0 Å². The van der Waals surface area contributed by atoms with Gasteiger partial charge in [0.15, 0.2) is 0 Å². The number of hydrogen-bond acceptors (Lipinski definition) is 2. The molecule has 2 aromatic carbocycles. The zero-order chi connectivity index (χ0) is 14.5. The van der Waals surface area contributed by atoms with Crippen LogP contribution in [-0.4, -0.2) is 12.5 Å². The number of hydrogen-bond donors (Lipinski definition) is 2. The Morgan fingerprint density at radius 2 is 1.85 bits per heavy atom. The smallest absolute Gasteiger partial charge is 0.255 e. The van der Waals surface area contributed by atoms with E-state index in [-0.39, 0.29) is 5.91 Å². The van der Waals surface area contributed by atoms with E-state index in [0.717, 1.165) is 17.8 Å². The number of halogens is 1. The fourth-order valence-electron chi connectivity index (χ4n) is 1.94. The Kier molecular flexibility index (Phi) is 4.64. The third-order valence-corrected chi connectivity index (χ3v) is 3.28. The molecule has 20 heavy (non-hydrogen) atoms. The van der Waals surface area contributed by atoms with E-state index in [1.807, 2.05) is 44.2 Å². The number of benzene rings is 2. The Morgan fingerprint density at radius 1 is 1.15 bits per heavy atom. The van der Waals surface area contributed by atoms with Gasteiger partial charge in [0, 0.05) is 17.8 Å². The van der Waals surface area contributed by atoms with E-state index in [0.29, 0.717) is 16.3 Å². The Labute approximate surface area is 124 Å². The topological polar surface area (TPSA) is 41.1 Å². The standard InChI is InChI=1S/C16H17ClN2O/c1-3-18-14-10-13(17)15(9-11(14)2)19-16(20)12-7-5-4-6-8-12/h4-10,18H,3H2,1-2H3,(H,19,20). The summed E-state index contributed by atoms with van der Waals surface area (Å²) in [5, 5.41) is 6.59. The van der Waals surface area contributed by atoms with Crippen LogP contribution in [-0.2, 0) is 0 Å². The molecule has 0 spiro atoms. The van der Waals surface area contributed by atoms with Gasteiger partial charge in [-0.2, -0.15) is 0 Å². The minimum absolute atomic E-state index is 0.164. The summed E-state index contributed by atoms with van der Waals surface area (Å²) in [4.78, 5) is 12.1. The largest absolute Gasteiger partial charge is 0.385 e. The van der Waals surface area contributed by atoms with Crippen LogP contribution in [0.1, 0.15) is 22.8 Å². The van der Waals surface area contributed by atoms with Gasteiger partial charge in [0.1, 0.15) is 0 Å². The van der Waals surface area contributed by atoms with Crippen LogP contribution in [0.25, 0.3) is 0 Å². The summed E-state index contributed by atoms with van der Waals surface area (Å²) in [6, 6.07) is 12.8. The molecule has 0 saturated carbocycles. The van der Waals surface area contributed by atoms with Crippen LogP contribution in [0.15, 0.2) is 42.5 Å². The number of aryl methyl sites for hydroxylation is 1. The van der Waals surface area contributed by atoms with Crippen molar-refractivity contribution >= 4 is 28.9 Å². The van der Waals surface area contributed by atoms with E-state index in [4.69, 9.17) is 11.6 Å². The van der Waals surface area contributed by atoms with Crippen molar-refractivity contribution in [3.05, 3.63) is 58.6 Å². The van der Waals surface area contributed by atoms with Gasteiger partial charge >= 0.3 is 0 Å². The molecule has 2 rings (SSSR count). The summed E-state index contributed by atoms with van der Waals surface area (Å²) in [6.07, 6.45) is 0. The Bertz CT molecular complexity index is 611. The molecular formula is C16H17ClN2O. The fourth-order valence-corrected chi connectivity index (χ4v) is 2.15. The third-order valence-electron chi connectivity index (χ3n) is 2.97. The van der Waals surface area contributed by atoms with Crippen molar-refractivity contribution in [2.75, 3.05) is 17.2 Å². The first-order chi connectivity index (χ1) is 9.61. The molecule has 0 aliphatic rings. The van der Waals surface area contributed by atoms with Gasteiger partial charge in [-0.25, -0.2) is 0 Å². The number of anilines is 2. The summed E-state index contributed by atoms with van der Waals surface area (Å²) < 4.78 is 0. The molecule has 104 valence electrons. The normalized spacial score (nSPS) is 10.2. The number of carbonyl (C=O) groups is 1. The minimum Gasteiger partial charge on any atom is -0.385 e. The van der Waals surface area contributed by atoms with E-state index >= 15 is 0 Å². The number of amides is 1. The number of carbonyl (C=O) groups excluding carboxylic acids is 1. The molecule has 0 bridgehead atoms. The minimum atomic E-state index is -0.164. The molecule has 0 aliphatic carbocycles. The molecule has 0 atom stereocenters. The SMILES string of the molecule is CCNc1cc(Cl)c(NC(=O)c2ccccc2)cc1C. The van der Waals surface area contributed by atoms with E-state index in [1.54, 1.807) is 12.1 Å². The first-order valence-corrected chi connectivity index (χ1v) is 6.90. The van der Waals surface area contributed by atoms with Crippen LogP contribution in [0.5, 0.6) is 0 Å². The van der Waals surface area contributed by atoms with E-state index in [9.17, 15) is 4.79 Å². The first kappa shape index (κ1) is 14.4. The fraction of sp³-hybridized carbons (Fsp3) is 0.188. The summed E-state index contributed by atoms with van der Waals surface area (Å²) in [7, 11) is 0. The lowest BCUT2D eigenvalue weighted by molar-refractivity contribution is 0.102. The van der Waals surface area contributed by atoms with Gasteiger partial charge in [0.25, 0.3) is 5.91 Å². The molecule has 2 N–H and O–H groups in total. The Hall–Kier alpha value is -2.00. The lowest BCUT2D eigenvalue weighted by atomic mass is 10.1. The molecule has 0 fully saturated rings. The molecular weight excluding hydrogens is 272 g/mol. The van der Waals surface area contributed by atoms with Crippen LogP contribution >= 0.6 is 11.6 Å². The Balaban J connectivity index is 2.22. The van der Waals surface area contributed by atoms with Crippen LogP contribution < -0.4 is 10.6 Å². The first-order valence-electron chi connectivity index (χ1n) is 6.52. The zero-order valence-electron chi connectivity index (χ0n) is 11.5. The average molecular weight is 289 g/mol. The van der Waals surface area contributed by atoms with Gasteiger partial charge in [-0.3, -0.25) is 4.79 Å². The van der Waals surface area contributed by atoms with Gasteiger partial charge < -0.3 is 10.6 Å². The van der Waals surface area contributed by atoms with Crippen molar-refractivity contribution in [2.45, 2.75) is 13.8 Å². The van der Waals surface area contributed by atoms with Crippen LogP contribution in [0.3, 0.4) is 0 Å². The maximum absolute atomic E-state index is 12.1. The summed E-state index contributed by atoms with van der Waals surface area (Å²) in [6.45, 7) is 4.83. The molecule has 4 heteroatoms. The number of nitrogens with one attached hydrogen (secondary N) is 2. The summed E-state index contributed by atoms with van der Waals surface area (Å²) in [5.74, 6) is -0.164. The summed E-state index contributed by atoms with van der Waals surface area (Å²) >= 11 is 6.21. The van der Waals surface area contributed by atoms with E-state index in [1.165, 1.54) is 0 Å². The van der Waals surface area contributed by atoms with Crippen molar-refractivity contribution in [3.63, 3.8) is 0 Å². The molecule has 0 aliphatic heterocycles. The predicted molar refractivity (Wildman–Crippen MR) is 84.7 cm³/mol. The lowest BCUT2D eigenvalue weighted by Crippen LogP contribution is -2.12. The average Bonchev–Trinajstić information content (AvgIpc) is 2.45. The van der Waals surface area contributed by atoms with Gasteiger partial charge in [-0.1, -0.05) is 29.8 Å². The Morgan fingerprint density at radius 3 is 2.50 bits per heavy atom. The monoisotopic (exact) mass is 288 g/mol. The van der Waals surface area contributed by atoms with E-state index < -0.39 is 0 Å². The predicted octanol–water partition coefficient (Wildman–Crippen LogP) is 4.33. The van der Waals surface area contributed by atoms with Crippen LogP contribution in [0.4, 0.5) is 11.4 Å². The molecule has 1 amide bonds. The highest BCUT2D eigenvalue weighted by atomic mass is 35.5. The molecule has 0 radical (unpaired) electrons. The highest BCUT2D eigenvalue weighted by Crippen LogP contribution is 2.29. The molecule has 2 aromatic rings. The second kappa shape index (κ2) is 6.44. The lowest BCUT2D eigenvalue weighted by Gasteiger charge is -2.13. The second-order valence-electron chi connectivity index (χ2n) is 4.50. The molecule has 3 nitrogen and oxygen atoms in total. The van der Waals surface area contributed by atoms with Gasteiger partial charge in [-0.05, 0) is 43.7 Å². The van der Waals surface area contributed by atoms with Crippen LogP contribution in [0, 0.1) is 6.92 Å². The second-order valence-corrected chi connectivity index (χ2v) is 4.90.